The van der Waals surface area contributed by atoms with Gasteiger partial charge in [-0.15, -0.1) is 0 Å². The Balaban J connectivity index is 1.56. The zero-order chi connectivity index (χ0) is 16.4. The van der Waals surface area contributed by atoms with Crippen LogP contribution in [0.15, 0.2) is 11.1 Å². The molecule has 126 valence electrons. The first-order valence-corrected chi connectivity index (χ1v) is 8.45. The van der Waals surface area contributed by atoms with Gasteiger partial charge in [0.1, 0.15) is 0 Å². The predicted molar refractivity (Wildman–Crippen MR) is 86.2 cm³/mol. The summed E-state index contributed by atoms with van der Waals surface area (Å²) in [6, 6.07) is 0. The SMILES string of the molecule is Cc1ncn(CC2CCN(C(=O)C3CCOC3)CC2)c(=O)c1C. The van der Waals surface area contributed by atoms with E-state index in [-0.39, 0.29) is 17.4 Å². The van der Waals surface area contributed by atoms with Crippen LogP contribution in [0.4, 0.5) is 0 Å². The summed E-state index contributed by atoms with van der Waals surface area (Å²) < 4.78 is 7.03. The molecule has 3 rings (SSSR count). The number of hydrogen-bond acceptors (Lipinski definition) is 4. The molecular weight excluding hydrogens is 294 g/mol. The molecule has 1 atom stereocenters. The van der Waals surface area contributed by atoms with Gasteiger partial charge in [-0.3, -0.25) is 14.2 Å². The third-order valence-electron chi connectivity index (χ3n) is 5.18. The molecule has 0 N–H and O–H groups in total. The maximum atomic E-state index is 12.4. The molecule has 6 nitrogen and oxygen atoms in total. The minimum Gasteiger partial charge on any atom is -0.381 e. The number of likely N-dealkylation sites (tertiary alicyclic amines) is 1. The van der Waals surface area contributed by atoms with Gasteiger partial charge in [0.25, 0.3) is 5.56 Å². The van der Waals surface area contributed by atoms with Gasteiger partial charge in [0.2, 0.25) is 5.91 Å². The molecule has 0 bridgehead atoms. The van der Waals surface area contributed by atoms with Gasteiger partial charge in [-0.05, 0) is 39.0 Å². The van der Waals surface area contributed by atoms with Crippen LogP contribution < -0.4 is 5.56 Å². The average Bonchev–Trinajstić information content (AvgIpc) is 3.10. The molecular formula is C17H25N3O3. The van der Waals surface area contributed by atoms with Crippen LogP contribution in [-0.2, 0) is 16.1 Å². The quantitative estimate of drug-likeness (QED) is 0.838. The molecule has 3 heterocycles. The lowest BCUT2D eigenvalue weighted by Gasteiger charge is -2.33. The summed E-state index contributed by atoms with van der Waals surface area (Å²) in [5.74, 6) is 0.726. The number of hydrogen-bond donors (Lipinski definition) is 0. The Morgan fingerprint density at radius 1 is 1.30 bits per heavy atom. The van der Waals surface area contributed by atoms with Crippen LogP contribution in [0.25, 0.3) is 0 Å². The normalized spacial score (nSPS) is 22.5. The van der Waals surface area contributed by atoms with E-state index in [9.17, 15) is 9.59 Å². The molecule has 6 heteroatoms. The number of amides is 1. The molecule has 0 spiro atoms. The fraction of sp³-hybridized carbons (Fsp3) is 0.706. The van der Waals surface area contributed by atoms with E-state index < -0.39 is 0 Å². The number of ether oxygens (including phenoxy) is 1. The summed E-state index contributed by atoms with van der Waals surface area (Å²) in [6.45, 7) is 7.23. The van der Waals surface area contributed by atoms with Crippen molar-refractivity contribution >= 4 is 5.91 Å². The van der Waals surface area contributed by atoms with Crippen molar-refractivity contribution in [2.75, 3.05) is 26.3 Å². The van der Waals surface area contributed by atoms with E-state index in [4.69, 9.17) is 4.74 Å². The molecule has 1 amide bonds. The number of carbonyl (C=O) groups excluding carboxylic acids is 1. The summed E-state index contributed by atoms with van der Waals surface area (Å²) in [6.07, 6.45) is 4.39. The van der Waals surface area contributed by atoms with E-state index in [1.807, 2.05) is 18.7 Å². The van der Waals surface area contributed by atoms with Gasteiger partial charge in [-0.25, -0.2) is 4.98 Å². The number of rotatable bonds is 3. The molecule has 1 unspecified atom stereocenters. The summed E-state index contributed by atoms with van der Waals surface area (Å²) >= 11 is 0. The minimum atomic E-state index is 0.0538. The minimum absolute atomic E-state index is 0.0538. The van der Waals surface area contributed by atoms with E-state index >= 15 is 0 Å². The molecule has 0 aliphatic carbocycles. The van der Waals surface area contributed by atoms with Crippen molar-refractivity contribution < 1.29 is 9.53 Å². The Morgan fingerprint density at radius 3 is 2.70 bits per heavy atom. The first-order chi connectivity index (χ1) is 11.1. The van der Waals surface area contributed by atoms with Crippen LogP contribution in [0.2, 0.25) is 0 Å². The summed E-state index contributed by atoms with van der Waals surface area (Å²) in [5.41, 5.74) is 1.57. The van der Waals surface area contributed by atoms with E-state index in [1.165, 1.54) is 0 Å². The highest BCUT2D eigenvalue weighted by atomic mass is 16.5. The summed E-state index contributed by atoms with van der Waals surface area (Å²) in [5, 5.41) is 0. The highest BCUT2D eigenvalue weighted by Crippen LogP contribution is 2.22. The van der Waals surface area contributed by atoms with Gasteiger partial charge in [0.15, 0.2) is 0 Å². The molecule has 2 aliphatic heterocycles. The molecule has 1 aromatic rings. The first-order valence-electron chi connectivity index (χ1n) is 8.45. The van der Waals surface area contributed by atoms with Crippen molar-refractivity contribution in [2.24, 2.45) is 11.8 Å². The monoisotopic (exact) mass is 319 g/mol. The molecule has 0 saturated carbocycles. The molecule has 2 aliphatic rings. The van der Waals surface area contributed by atoms with Gasteiger partial charge in [-0.1, -0.05) is 0 Å². The lowest BCUT2D eigenvalue weighted by atomic mass is 9.95. The zero-order valence-electron chi connectivity index (χ0n) is 14.0. The van der Waals surface area contributed by atoms with Crippen molar-refractivity contribution in [3.8, 4) is 0 Å². The summed E-state index contributed by atoms with van der Waals surface area (Å²) in [4.78, 5) is 30.9. The van der Waals surface area contributed by atoms with E-state index in [0.29, 0.717) is 25.7 Å². The Hall–Kier alpha value is -1.69. The van der Waals surface area contributed by atoms with E-state index in [1.54, 1.807) is 10.9 Å². The average molecular weight is 319 g/mol. The Labute approximate surface area is 136 Å². The number of nitrogens with zero attached hydrogens (tertiary/aromatic N) is 3. The third kappa shape index (κ3) is 3.47. The second-order valence-electron chi connectivity index (χ2n) is 6.74. The second kappa shape index (κ2) is 6.83. The number of carbonyl (C=O) groups is 1. The molecule has 2 saturated heterocycles. The van der Waals surface area contributed by atoms with Crippen LogP contribution in [0.5, 0.6) is 0 Å². The smallest absolute Gasteiger partial charge is 0.256 e. The summed E-state index contributed by atoms with van der Waals surface area (Å²) in [7, 11) is 0. The largest absolute Gasteiger partial charge is 0.381 e. The van der Waals surface area contributed by atoms with Crippen molar-refractivity contribution in [3.05, 3.63) is 27.9 Å². The zero-order valence-corrected chi connectivity index (χ0v) is 14.0. The Morgan fingerprint density at radius 2 is 2.04 bits per heavy atom. The maximum Gasteiger partial charge on any atom is 0.256 e. The van der Waals surface area contributed by atoms with Gasteiger partial charge >= 0.3 is 0 Å². The van der Waals surface area contributed by atoms with Crippen molar-refractivity contribution in [1.29, 1.82) is 0 Å². The van der Waals surface area contributed by atoms with Crippen LogP contribution in [0.1, 0.15) is 30.5 Å². The van der Waals surface area contributed by atoms with Gasteiger partial charge < -0.3 is 9.64 Å². The van der Waals surface area contributed by atoms with Gasteiger partial charge in [0.05, 0.1) is 18.9 Å². The van der Waals surface area contributed by atoms with Gasteiger partial charge in [0, 0.05) is 37.5 Å². The van der Waals surface area contributed by atoms with Crippen LogP contribution in [0.3, 0.4) is 0 Å². The number of aromatic nitrogens is 2. The first kappa shape index (κ1) is 16.2. The lowest BCUT2D eigenvalue weighted by molar-refractivity contribution is -0.137. The Bertz CT molecular complexity index is 626. The molecule has 1 aromatic heterocycles. The van der Waals surface area contributed by atoms with Crippen LogP contribution in [0, 0.1) is 25.7 Å². The standard InChI is InChI=1S/C17H25N3O3/c1-12-13(2)18-11-20(16(12)21)9-14-3-6-19(7-4-14)17(22)15-5-8-23-10-15/h11,14-15H,3-10H2,1-2H3. The fourth-order valence-corrected chi connectivity index (χ4v) is 3.41. The van der Waals surface area contributed by atoms with Crippen molar-refractivity contribution in [2.45, 2.75) is 39.7 Å². The second-order valence-corrected chi connectivity index (χ2v) is 6.74. The van der Waals surface area contributed by atoms with Crippen LogP contribution in [-0.4, -0.2) is 46.7 Å². The Kier molecular flexibility index (Phi) is 4.80. The lowest BCUT2D eigenvalue weighted by Crippen LogP contribution is -2.43. The highest BCUT2D eigenvalue weighted by Gasteiger charge is 2.30. The van der Waals surface area contributed by atoms with Crippen molar-refractivity contribution in [1.82, 2.24) is 14.5 Å². The molecule has 23 heavy (non-hydrogen) atoms. The number of piperidine rings is 1. The predicted octanol–water partition coefficient (Wildman–Crippen LogP) is 1.14. The fourth-order valence-electron chi connectivity index (χ4n) is 3.41. The molecule has 0 radical (unpaired) electrons. The van der Waals surface area contributed by atoms with Crippen molar-refractivity contribution in [3.63, 3.8) is 0 Å². The number of aryl methyl sites for hydroxylation is 1. The van der Waals surface area contributed by atoms with E-state index in [2.05, 4.69) is 4.98 Å². The topological polar surface area (TPSA) is 64.4 Å². The van der Waals surface area contributed by atoms with Gasteiger partial charge in [-0.2, -0.15) is 0 Å². The molecule has 0 aromatic carbocycles. The maximum absolute atomic E-state index is 12.4. The third-order valence-corrected chi connectivity index (χ3v) is 5.18. The van der Waals surface area contributed by atoms with Crippen LogP contribution >= 0.6 is 0 Å². The van der Waals surface area contributed by atoms with E-state index in [0.717, 1.165) is 43.6 Å². The molecule has 2 fully saturated rings. The highest BCUT2D eigenvalue weighted by molar-refractivity contribution is 5.79.